The van der Waals surface area contributed by atoms with Crippen LogP contribution in [0.15, 0.2) is 84.9 Å². The molecule has 0 aliphatic rings. The number of methoxy groups -OCH3 is 1. The van der Waals surface area contributed by atoms with Gasteiger partial charge in [0.1, 0.15) is 5.75 Å². The van der Waals surface area contributed by atoms with Crippen LogP contribution in [0.25, 0.3) is 0 Å². The lowest BCUT2D eigenvalue weighted by atomic mass is 9.90. The number of hydrogen-bond donors (Lipinski definition) is 2. The van der Waals surface area contributed by atoms with E-state index in [1.165, 1.54) is 0 Å². The highest BCUT2D eigenvalue weighted by Crippen LogP contribution is 2.27. The average molecular weight is 389 g/mol. The van der Waals surface area contributed by atoms with E-state index in [4.69, 9.17) is 4.74 Å². The molecule has 29 heavy (non-hydrogen) atoms. The molecule has 148 valence electrons. The molecule has 1 atom stereocenters. The first-order valence-electron chi connectivity index (χ1n) is 9.34. The first kappa shape index (κ1) is 20.1. The lowest BCUT2D eigenvalue weighted by molar-refractivity contribution is -0.137. The summed E-state index contributed by atoms with van der Waals surface area (Å²) in [6.45, 7) is 0. The summed E-state index contributed by atoms with van der Waals surface area (Å²) in [6.07, 6.45) is -0.214. The summed E-state index contributed by atoms with van der Waals surface area (Å²) >= 11 is 0. The second-order valence-corrected chi connectivity index (χ2v) is 6.69. The maximum atomic E-state index is 13.3. The van der Waals surface area contributed by atoms with Gasteiger partial charge in [-0.15, -0.1) is 0 Å². The molecule has 5 heteroatoms. The Morgan fingerprint density at radius 2 is 1.34 bits per heavy atom. The highest BCUT2D eigenvalue weighted by atomic mass is 16.5. The van der Waals surface area contributed by atoms with E-state index >= 15 is 0 Å². The van der Waals surface area contributed by atoms with E-state index in [0.29, 0.717) is 11.3 Å². The van der Waals surface area contributed by atoms with Gasteiger partial charge in [0.05, 0.1) is 25.5 Å². The third kappa shape index (κ3) is 5.23. The van der Waals surface area contributed by atoms with Crippen LogP contribution < -0.4 is 10.1 Å². The van der Waals surface area contributed by atoms with Crippen molar-refractivity contribution in [3.8, 4) is 5.75 Å². The standard InChI is InChI=1S/C24H23NO4/c1-29-20-14-12-17(13-15-20)21(16-22(26)27)25-24(28)23(18-8-4-2-5-9-18)19-10-6-3-7-11-19/h2-15,21,23H,16H2,1H3,(H,25,28)(H,26,27)/t21-/m0/s1. The molecule has 3 aromatic rings. The summed E-state index contributed by atoms with van der Waals surface area (Å²) in [7, 11) is 1.57. The molecular formula is C24H23NO4. The molecule has 5 nitrogen and oxygen atoms in total. The number of hydrogen-bond acceptors (Lipinski definition) is 3. The van der Waals surface area contributed by atoms with Crippen molar-refractivity contribution in [2.24, 2.45) is 0 Å². The Morgan fingerprint density at radius 1 is 0.828 bits per heavy atom. The second-order valence-electron chi connectivity index (χ2n) is 6.69. The van der Waals surface area contributed by atoms with Gasteiger partial charge in [0.15, 0.2) is 0 Å². The number of amides is 1. The maximum Gasteiger partial charge on any atom is 0.305 e. The van der Waals surface area contributed by atoms with Gasteiger partial charge in [0.25, 0.3) is 0 Å². The van der Waals surface area contributed by atoms with E-state index in [1.807, 2.05) is 60.7 Å². The number of nitrogens with one attached hydrogen (secondary N) is 1. The molecule has 0 heterocycles. The molecule has 3 rings (SSSR count). The Hall–Kier alpha value is -3.60. The number of rotatable bonds is 8. The molecular weight excluding hydrogens is 366 g/mol. The molecule has 0 aliphatic heterocycles. The fourth-order valence-corrected chi connectivity index (χ4v) is 3.30. The zero-order valence-corrected chi connectivity index (χ0v) is 16.1. The number of ether oxygens (including phenoxy) is 1. The van der Waals surface area contributed by atoms with Gasteiger partial charge in [-0.2, -0.15) is 0 Å². The lowest BCUT2D eigenvalue weighted by Crippen LogP contribution is -2.34. The number of carbonyl (C=O) groups excluding carboxylic acids is 1. The molecule has 0 fully saturated rings. The zero-order chi connectivity index (χ0) is 20.6. The van der Waals surface area contributed by atoms with E-state index in [1.54, 1.807) is 31.4 Å². The molecule has 2 N–H and O–H groups in total. The monoisotopic (exact) mass is 389 g/mol. The topological polar surface area (TPSA) is 75.6 Å². The van der Waals surface area contributed by atoms with Crippen molar-refractivity contribution in [3.05, 3.63) is 102 Å². The van der Waals surface area contributed by atoms with Crippen LogP contribution >= 0.6 is 0 Å². The number of carboxylic acids is 1. The largest absolute Gasteiger partial charge is 0.497 e. The van der Waals surface area contributed by atoms with Crippen LogP contribution in [0, 0.1) is 0 Å². The molecule has 0 saturated heterocycles. The molecule has 0 spiro atoms. The molecule has 3 aromatic carbocycles. The Kier molecular flexibility index (Phi) is 6.63. The molecule has 0 radical (unpaired) electrons. The summed E-state index contributed by atoms with van der Waals surface area (Å²) in [5.74, 6) is -1.10. The number of carboxylic acid groups (broad SMARTS) is 1. The summed E-state index contributed by atoms with van der Waals surface area (Å²) in [6, 6.07) is 25.3. The van der Waals surface area contributed by atoms with E-state index in [0.717, 1.165) is 11.1 Å². The van der Waals surface area contributed by atoms with E-state index in [-0.39, 0.29) is 12.3 Å². The number of aliphatic carboxylic acids is 1. The van der Waals surface area contributed by atoms with Gasteiger partial charge in [-0.1, -0.05) is 72.8 Å². The van der Waals surface area contributed by atoms with Gasteiger partial charge in [-0.05, 0) is 28.8 Å². The molecule has 1 amide bonds. The summed E-state index contributed by atoms with van der Waals surface area (Å²) < 4.78 is 5.16. The van der Waals surface area contributed by atoms with Gasteiger partial charge in [0.2, 0.25) is 5.91 Å². The van der Waals surface area contributed by atoms with Crippen LogP contribution in [0.3, 0.4) is 0 Å². The zero-order valence-electron chi connectivity index (χ0n) is 16.1. The second kappa shape index (κ2) is 9.55. The molecule has 0 aliphatic carbocycles. The highest BCUT2D eigenvalue weighted by Gasteiger charge is 2.26. The fraction of sp³-hybridized carbons (Fsp3) is 0.167. The van der Waals surface area contributed by atoms with Crippen molar-refractivity contribution in [2.75, 3.05) is 7.11 Å². The average Bonchev–Trinajstić information content (AvgIpc) is 2.75. The first-order valence-corrected chi connectivity index (χ1v) is 9.34. The van der Waals surface area contributed by atoms with Crippen LogP contribution in [-0.2, 0) is 9.59 Å². The highest BCUT2D eigenvalue weighted by molar-refractivity contribution is 5.88. The van der Waals surface area contributed by atoms with Crippen LogP contribution in [0.2, 0.25) is 0 Å². The minimum atomic E-state index is -0.984. The predicted molar refractivity (Wildman–Crippen MR) is 111 cm³/mol. The quantitative estimate of drug-likeness (QED) is 0.607. The van der Waals surface area contributed by atoms with Crippen molar-refractivity contribution >= 4 is 11.9 Å². The number of carbonyl (C=O) groups is 2. The number of benzene rings is 3. The first-order chi connectivity index (χ1) is 14.1. The summed E-state index contributed by atoms with van der Waals surface area (Å²) in [5, 5.41) is 12.3. The van der Waals surface area contributed by atoms with Crippen molar-refractivity contribution in [2.45, 2.75) is 18.4 Å². The van der Waals surface area contributed by atoms with Crippen molar-refractivity contribution < 1.29 is 19.4 Å². The SMILES string of the molecule is COc1ccc([C@H](CC(=O)O)NC(=O)C(c2ccccc2)c2ccccc2)cc1. The molecule has 0 saturated carbocycles. The molecule has 0 aromatic heterocycles. The normalized spacial score (nSPS) is 11.7. The van der Waals surface area contributed by atoms with Crippen molar-refractivity contribution in [1.82, 2.24) is 5.32 Å². The third-order valence-corrected chi connectivity index (χ3v) is 4.74. The Bertz CT molecular complexity index is 900. The Morgan fingerprint density at radius 3 is 1.79 bits per heavy atom. The van der Waals surface area contributed by atoms with E-state index in [2.05, 4.69) is 5.32 Å². The predicted octanol–water partition coefficient (Wildman–Crippen LogP) is 4.16. The van der Waals surface area contributed by atoms with Crippen LogP contribution in [0.1, 0.15) is 35.1 Å². The molecule has 0 bridgehead atoms. The fourth-order valence-electron chi connectivity index (χ4n) is 3.30. The maximum absolute atomic E-state index is 13.3. The lowest BCUT2D eigenvalue weighted by Gasteiger charge is -2.23. The third-order valence-electron chi connectivity index (χ3n) is 4.74. The Labute approximate surface area is 170 Å². The van der Waals surface area contributed by atoms with Gasteiger partial charge in [-0.3, -0.25) is 9.59 Å². The van der Waals surface area contributed by atoms with Gasteiger partial charge in [0, 0.05) is 0 Å². The molecule has 0 unspecified atom stereocenters. The van der Waals surface area contributed by atoms with Crippen molar-refractivity contribution in [1.29, 1.82) is 0 Å². The Balaban J connectivity index is 1.91. The summed E-state index contributed by atoms with van der Waals surface area (Å²) in [4.78, 5) is 24.7. The van der Waals surface area contributed by atoms with Crippen LogP contribution in [0.4, 0.5) is 0 Å². The minimum Gasteiger partial charge on any atom is -0.497 e. The van der Waals surface area contributed by atoms with Gasteiger partial charge in [-0.25, -0.2) is 0 Å². The van der Waals surface area contributed by atoms with E-state index in [9.17, 15) is 14.7 Å². The van der Waals surface area contributed by atoms with E-state index < -0.39 is 17.9 Å². The van der Waals surface area contributed by atoms with Crippen LogP contribution in [-0.4, -0.2) is 24.1 Å². The van der Waals surface area contributed by atoms with Gasteiger partial charge >= 0.3 is 5.97 Å². The van der Waals surface area contributed by atoms with Crippen molar-refractivity contribution in [3.63, 3.8) is 0 Å². The van der Waals surface area contributed by atoms with Crippen LogP contribution in [0.5, 0.6) is 5.75 Å². The smallest absolute Gasteiger partial charge is 0.305 e. The summed E-state index contributed by atoms with van der Waals surface area (Å²) in [5.41, 5.74) is 2.40. The van der Waals surface area contributed by atoms with Gasteiger partial charge < -0.3 is 15.2 Å². The minimum absolute atomic E-state index is 0.214.